The van der Waals surface area contributed by atoms with Crippen molar-refractivity contribution in [2.75, 3.05) is 11.9 Å². The highest BCUT2D eigenvalue weighted by Crippen LogP contribution is 2.55. The number of ether oxygens (including phenoxy) is 1. The van der Waals surface area contributed by atoms with Gasteiger partial charge in [-0.05, 0) is 44.2 Å². The van der Waals surface area contributed by atoms with E-state index in [0.717, 1.165) is 37.7 Å². The van der Waals surface area contributed by atoms with E-state index in [1.807, 2.05) is 43.3 Å². The molecule has 2 saturated heterocycles. The van der Waals surface area contributed by atoms with Gasteiger partial charge in [-0.3, -0.25) is 14.4 Å². The average molecular weight is 480 g/mol. The van der Waals surface area contributed by atoms with Gasteiger partial charge in [-0.25, -0.2) is 0 Å². The zero-order chi connectivity index (χ0) is 24.7. The highest BCUT2D eigenvalue weighted by molar-refractivity contribution is 6.02. The number of carbonyl (C=O) groups excluding carboxylic acids is 3. The maximum atomic E-state index is 13.9. The van der Waals surface area contributed by atoms with E-state index in [4.69, 9.17) is 4.74 Å². The molecule has 5 atom stereocenters. The lowest BCUT2D eigenvalue weighted by Gasteiger charge is -2.34. The maximum Gasteiger partial charge on any atom is 0.246 e. The third-order valence-corrected chi connectivity index (χ3v) is 8.14. The summed E-state index contributed by atoms with van der Waals surface area (Å²) in [6.45, 7) is 6.68. The summed E-state index contributed by atoms with van der Waals surface area (Å²) in [5.41, 5.74) is 0.703. The van der Waals surface area contributed by atoms with Crippen molar-refractivity contribution in [3.05, 3.63) is 42.0 Å². The zero-order valence-corrected chi connectivity index (χ0v) is 21.0. The first-order valence-corrected chi connectivity index (χ1v) is 13.2. The Labute approximate surface area is 207 Å². The number of rotatable bonds is 7. The van der Waals surface area contributed by atoms with E-state index < -0.39 is 29.6 Å². The zero-order valence-electron chi connectivity index (χ0n) is 21.0. The number of likely N-dealkylation sites (tertiary alicyclic amines) is 1. The number of benzene rings is 1. The van der Waals surface area contributed by atoms with Crippen molar-refractivity contribution in [3.63, 3.8) is 0 Å². The quantitative estimate of drug-likeness (QED) is 0.585. The molecule has 0 aromatic heterocycles. The Hall–Kier alpha value is -2.67. The molecule has 1 spiro atoms. The van der Waals surface area contributed by atoms with Gasteiger partial charge in [-0.2, -0.15) is 0 Å². The number of hydrogen-bond acceptors (Lipinski definition) is 4. The summed E-state index contributed by atoms with van der Waals surface area (Å²) in [5, 5.41) is 6.21. The largest absolute Gasteiger partial charge is 0.359 e. The Bertz CT molecular complexity index is 1010. The molecule has 1 aromatic carbocycles. The van der Waals surface area contributed by atoms with Crippen molar-refractivity contribution in [1.29, 1.82) is 0 Å². The van der Waals surface area contributed by atoms with Crippen molar-refractivity contribution in [1.82, 2.24) is 10.2 Å². The Morgan fingerprint density at radius 2 is 1.83 bits per heavy atom. The third-order valence-electron chi connectivity index (χ3n) is 8.14. The number of nitrogens with one attached hydrogen (secondary N) is 2. The van der Waals surface area contributed by atoms with Gasteiger partial charge >= 0.3 is 0 Å². The van der Waals surface area contributed by atoms with Gasteiger partial charge in [0.2, 0.25) is 17.7 Å². The fourth-order valence-corrected chi connectivity index (χ4v) is 6.29. The van der Waals surface area contributed by atoms with E-state index in [1.165, 1.54) is 6.42 Å². The van der Waals surface area contributed by atoms with Gasteiger partial charge in [0.05, 0.1) is 17.9 Å². The Morgan fingerprint density at radius 3 is 2.51 bits per heavy atom. The minimum absolute atomic E-state index is 0.136. The van der Waals surface area contributed by atoms with Crippen LogP contribution in [0.15, 0.2) is 36.4 Å². The minimum Gasteiger partial charge on any atom is -0.359 e. The van der Waals surface area contributed by atoms with Crippen LogP contribution in [0.4, 0.5) is 5.69 Å². The van der Waals surface area contributed by atoms with Gasteiger partial charge in [0.15, 0.2) is 0 Å². The van der Waals surface area contributed by atoms with Crippen LogP contribution in [-0.4, -0.2) is 53.0 Å². The van der Waals surface area contributed by atoms with Crippen LogP contribution in [0.1, 0.15) is 57.9 Å². The molecule has 1 saturated carbocycles. The fraction of sp³-hybridized carbons (Fsp3) is 0.607. The molecule has 188 valence electrons. The van der Waals surface area contributed by atoms with Gasteiger partial charge in [0.25, 0.3) is 0 Å². The first-order valence-electron chi connectivity index (χ1n) is 13.2. The lowest BCUT2D eigenvalue weighted by molar-refractivity contribution is -0.141. The summed E-state index contributed by atoms with van der Waals surface area (Å²) in [5.74, 6) is -1.51. The molecular weight excluding hydrogens is 442 g/mol. The van der Waals surface area contributed by atoms with Crippen LogP contribution in [0, 0.1) is 24.7 Å². The van der Waals surface area contributed by atoms with Crippen LogP contribution in [0.2, 0.25) is 0 Å². The van der Waals surface area contributed by atoms with E-state index in [1.54, 1.807) is 4.90 Å². The fourth-order valence-electron chi connectivity index (χ4n) is 6.29. The molecular formula is C28H37N3O4. The summed E-state index contributed by atoms with van der Waals surface area (Å²) in [7, 11) is 0. The van der Waals surface area contributed by atoms with Crippen LogP contribution >= 0.6 is 0 Å². The standard InChI is InChI=1S/C28H37N3O4/c1-17(2)14-16-31-24(26(33)30-19-7-5-4-6-8-19)28-15-13-21(35-28)22(23(28)27(31)34)25(32)29-20-11-9-18(3)10-12-20/h9-13,15,17,19,21-24H,4-8,14,16H2,1-3H3,(H,29,32)(H,30,33)/t21-,22-,23-,24-,28-/m1/s1. The average Bonchev–Trinajstić information content (AvgIpc) is 3.47. The molecule has 35 heavy (non-hydrogen) atoms. The molecule has 3 aliphatic heterocycles. The predicted molar refractivity (Wildman–Crippen MR) is 134 cm³/mol. The van der Waals surface area contributed by atoms with E-state index in [9.17, 15) is 14.4 Å². The van der Waals surface area contributed by atoms with Gasteiger partial charge in [-0.1, -0.05) is 63.0 Å². The van der Waals surface area contributed by atoms with Crippen LogP contribution in [-0.2, 0) is 19.1 Å². The van der Waals surface area contributed by atoms with Crippen molar-refractivity contribution < 1.29 is 19.1 Å². The van der Waals surface area contributed by atoms with Crippen LogP contribution in [0.5, 0.6) is 0 Å². The molecule has 7 nitrogen and oxygen atoms in total. The van der Waals surface area contributed by atoms with E-state index in [-0.39, 0.29) is 23.8 Å². The molecule has 7 heteroatoms. The van der Waals surface area contributed by atoms with Crippen LogP contribution < -0.4 is 10.6 Å². The number of fused-ring (bicyclic) bond motifs is 1. The molecule has 3 fully saturated rings. The van der Waals surface area contributed by atoms with Gasteiger partial charge in [-0.15, -0.1) is 0 Å². The second-order valence-corrected chi connectivity index (χ2v) is 11.1. The smallest absolute Gasteiger partial charge is 0.246 e. The highest BCUT2D eigenvalue weighted by Gasteiger charge is 2.72. The molecule has 3 amide bonds. The molecule has 1 aliphatic carbocycles. The molecule has 5 rings (SSSR count). The maximum absolute atomic E-state index is 13.9. The SMILES string of the molecule is Cc1ccc(NC(=O)[C@@H]2[C@H]3C=C[C@@]4(O3)[C@H]2C(=O)N(CCC(C)C)[C@@H]4C(=O)NC2CCCCC2)cc1. The first kappa shape index (κ1) is 24.0. The summed E-state index contributed by atoms with van der Waals surface area (Å²) in [6, 6.07) is 6.98. The molecule has 2 N–H and O–H groups in total. The third kappa shape index (κ3) is 4.28. The highest BCUT2D eigenvalue weighted by atomic mass is 16.5. The van der Waals surface area contributed by atoms with Gasteiger partial charge < -0.3 is 20.3 Å². The number of amides is 3. The molecule has 0 unspecified atom stereocenters. The van der Waals surface area contributed by atoms with Crippen molar-refractivity contribution in [2.24, 2.45) is 17.8 Å². The number of carbonyl (C=O) groups is 3. The second-order valence-electron chi connectivity index (χ2n) is 11.1. The summed E-state index contributed by atoms with van der Waals surface area (Å²) >= 11 is 0. The Kier molecular flexibility index (Phi) is 6.47. The molecule has 4 aliphatic rings. The van der Waals surface area contributed by atoms with E-state index >= 15 is 0 Å². The molecule has 1 aromatic rings. The molecule has 2 bridgehead atoms. The summed E-state index contributed by atoms with van der Waals surface area (Å²) in [4.78, 5) is 42.7. The summed E-state index contributed by atoms with van der Waals surface area (Å²) in [6.07, 6.45) is 9.39. The normalized spacial score (nSPS) is 31.8. The Morgan fingerprint density at radius 1 is 1.11 bits per heavy atom. The first-order chi connectivity index (χ1) is 16.8. The van der Waals surface area contributed by atoms with Crippen molar-refractivity contribution in [2.45, 2.75) is 83.1 Å². The van der Waals surface area contributed by atoms with Crippen LogP contribution in [0.25, 0.3) is 0 Å². The lowest BCUT2D eigenvalue weighted by Crippen LogP contribution is -2.56. The Balaban J connectivity index is 1.42. The van der Waals surface area contributed by atoms with Crippen molar-refractivity contribution in [3.8, 4) is 0 Å². The van der Waals surface area contributed by atoms with E-state index in [2.05, 4.69) is 24.5 Å². The lowest BCUT2D eigenvalue weighted by atomic mass is 9.74. The number of nitrogens with zero attached hydrogens (tertiary/aromatic N) is 1. The minimum atomic E-state index is -1.09. The number of anilines is 1. The van der Waals surface area contributed by atoms with Crippen molar-refractivity contribution >= 4 is 23.4 Å². The van der Waals surface area contributed by atoms with Gasteiger partial charge in [0.1, 0.15) is 11.6 Å². The van der Waals surface area contributed by atoms with Gasteiger partial charge in [0, 0.05) is 18.3 Å². The monoisotopic (exact) mass is 479 g/mol. The molecule has 3 heterocycles. The molecule has 0 radical (unpaired) electrons. The second kappa shape index (κ2) is 9.41. The number of hydrogen-bond donors (Lipinski definition) is 2. The topological polar surface area (TPSA) is 87.7 Å². The predicted octanol–water partition coefficient (Wildman–Crippen LogP) is 3.58. The van der Waals surface area contributed by atoms with Crippen LogP contribution in [0.3, 0.4) is 0 Å². The van der Waals surface area contributed by atoms with E-state index in [0.29, 0.717) is 18.2 Å². The summed E-state index contributed by atoms with van der Waals surface area (Å²) < 4.78 is 6.41. The number of aryl methyl sites for hydroxylation is 1.